The highest BCUT2D eigenvalue weighted by Crippen LogP contribution is 2.36. The van der Waals surface area contributed by atoms with Crippen LogP contribution in [-0.4, -0.2) is 32.8 Å². The average molecular weight is 276 g/mol. The molecule has 1 aliphatic heterocycles. The van der Waals surface area contributed by atoms with Crippen molar-refractivity contribution >= 4 is 0 Å². The highest BCUT2D eigenvalue weighted by molar-refractivity contribution is 4.99. The van der Waals surface area contributed by atoms with E-state index < -0.39 is 0 Å². The molecule has 0 amide bonds. The van der Waals surface area contributed by atoms with Crippen molar-refractivity contribution in [2.24, 2.45) is 18.9 Å². The third kappa shape index (κ3) is 2.90. The average Bonchev–Trinajstić information content (AvgIpc) is 3.07. The van der Waals surface area contributed by atoms with Gasteiger partial charge in [0, 0.05) is 13.6 Å². The van der Waals surface area contributed by atoms with E-state index in [9.17, 15) is 0 Å². The first-order chi connectivity index (χ1) is 9.78. The molecule has 3 unspecified atom stereocenters. The SMILES string of the molecule is CCC1CCCC(CN2CCCC2c2nncn2C)C1. The number of rotatable bonds is 4. The summed E-state index contributed by atoms with van der Waals surface area (Å²) in [5, 5.41) is 8.40. The fourth-order valence-corrected chi connectivity index (χ4v) is 4.20. The number of aryl methyl sites for hydroxylation is 1. The third-order valence-electron chi connectivity index (χ3n) is 5.37. The van der Waals surface area contributed by atoms with Gasteiger partial charge in [0.25, 0.3) is 0 Å². The van der Waals surface area contributed by atoms with Gasteiger partial charge in [-0.2, -0.15) is 0 Å². The van der Waals surface area contributed by atoms with Gasteiger partial charge in [-0.1, -0.05) is 26.2 Å². The summed E-state index contributed by atoms with van der Waals surface area (Å²) in [7, 11) is 2.07. The first kappa shape index (κ1) is 14.1. The molecule has 0 aromatic carbocycles. The van der Waals surface area contributed by atoms with Crippen molar-refractivity contribution in [1.82, 2.24) is 19.7 Å². The van der Waals surface area contributed by atoms with E-state index in [1.54, 1.807) is 0 Å². The molecule has 1 aliphatic carbocycles. The lowest BCUT2D eigenvalue weighted by atomic mass is 9.80. The summed E-state index contributed by atoms with van der Waals surface area (Å²) in [5.41, 5.74) is 0. The molecule has 2 fully saturated rings. The van der Waals surface area contributed by atoms with Crippen LogP contribution >= 0.6 is 0 Å². The Kier molecular flexibility index (Phi) is 4.39. The highest BCUT2D eigenvalue weighted by Gasteiger charge is 2.32. The van der Waals surface area contributed by atoms with Gasteiger partial charge in [-0.25, -0.2) is 0 Å². The van der Waals surface area contributed by atoms with E-state index in [0.717, 1.165) is 17.7 Å². The number of likely N-dealkylation sites (tertiary alicyclic amines) is 1. The van der Waals surface area contributed by atoms with E-state index in [4.69, 9.17) is 0 Å². The lowest BCUT2D eigenvalue weighted by Crippen LogP contribution is -2.32. The van der Waals surface area contributed by atoms with Crippen LogP contribution < -0.4 is 0 Å². The molecule has 4 heteroatoms. The lowest BCUT2D eigenvalue weighted by Gasteiger charge is -2.33. The van der Waals surface area contributed by atoms with Crippen LogP contribution in [0.1, 0.15) is 63.7 Å². The van der Waals surface area contributed by atoms with Crippen LogP contribution in [0, 0.1) is 11.8 Å². The van der Waals surface area contributed by atoms with Gasteiger partial charge in [-0.05, 0) is 44.1 Å². The standard InChI is InChI=1S/C16H28N4/c1-3-13-6-4-7-14(10-13)11-20-9-5-8-15(20)16-18-17-12-19(16)2/h12-15H,3-11H2,1-2H3. The molecule has 1 saturated carbocycles. The molecule has 2 aliphatic rings. The molecule has 3 atom stereocenters. The van der Waals surface area contributed by atoms with Gasteiger partial charge in [-0.15, -0.1) is 10.2 Å². The van der Waals surface area contributed by atoms with E-state index in [-0.39, 0.29) is 0 Å². The normalized spacial score (nSPS) is 31.8. The topological polar surface area (TPSA) is 34.0 Å². The van der Waals surface area contributed by atoms with Crippen molar-refractivity contribution in [1.29, 1.82) is 0 Å². The zero-order chi connectivity index (χ0) is 13.9. The van der Waals surface area contributed by atoms with Gasteiger partial charge < -0.3 is 4.57 Å². The van der Waals surface area contributed by atoms with Gasteiger partial charge in [0.2, 0.25) is 0 Å². The van der Waals surface area contributed by atoms with Crippen LogP contribution in [0.4, 0.5) is 0 Å². The zero-order valence-electron chi connectivity index (χ0n) is 13.0. The summed E-state index contributed by atoms with van der Waals surface area (Å²) in [6.45, 7) is 4.87. The molecular formula is C16H28N4. The largest absolute Gasteiger partial charge is 0.319 e. The predicted molar refractivity (Wildman–Crippen MR) is 80.3 cm³/mol. The molecule has 0 spiro atoms. The van der Waals surface area contributed by atoms with Crippen molar-refractivity contribution in [3.63, 3.8) is 0 Å². The van der Waals surface area contributed by atoms with Crippen molar-refractivity contribution in [3.8, 4) is 0 Å². The van der Waals surface area contributed by atoms with E-state index >= 15 is 0 Å². The van der Waals surface area contributed by atoms with Crippen molar-refractivity contribution in [2.45, 2.75) is 57.9 Å². The van der Waals surface area contributed by atoms with E-state index in [1.807, 2.05) is 6.33 Å². The number of hydrogen-bond donors (Lipinski definition) is 0. The van der Waals surface area contributed by atoms with Gasteiger partial charge in [-0.3, -0.25) is 4.90 Å². The van der Waals surface area contributed by atoms with Gasteiger partial charge >= 0.3 is 0 Å². The van der Waals surface area contributed by atoms with Gasteiger partial charge in [0.15, 0.2) is 0 Å². The maximum atomic E-state index is 4.34. The second-order valence-corrected chi connectivity index (χ2v) is 6.76. The van der Waals surface area contributed by atoms with E-state index in [1.165, 1.54) is 58.0 Å². The van der Waals surface area contributed by atoms with E-state index in [2.05, 4.69) is 33.6 Å². The number of hydrogen-bond acceptors (Lipinski definition) is 3. The molecule has 3 rings (SSSR count). The lowest BCUT2D eigenvalue weighted by molar-refractivity contribution is 0.158. The molecule has 112 valence electrons. The summed E-state index contributed by atoms with van der Waals surface area (Å²) in [6.07, 6.45) is 11.5. The molecule has 1 aromatic rings. The fraction of sp³-hybridized carbons (Fsp3) is 0.875. The van der Waals surface area contributed by atoms with Crippen LogP contribution in [0.3, 0.4) is 0 Å². The molecule has 20 heavy (non-hydrogen) atoms. The minimum absolute atomic E-state index is 0.504. The first-order valence-corrected chi connectivity index (χ1v) is 8.35. The maximum Gasteiger partial charge on any atom is 0.149 e. The van der Waals surface area contributed by atoms with Crippen molar-refractivity contribution < 1.29 is 0 Å². The summed E-state index contributed by atoms with van der Waals surface area (Å²) in [5.74, 6) is 3.04. The Balaban J connectivity index is 1.63. The minimum atomic E-state index is 0.504. The fourth-order valence-electron chi connectivity index (χ4n) is 4.20. The van der Waals surface area contributed by atoms with Crippen LogP contribution in [0.15, 0.2) is 6.33 Å². The zero-order valence-corrected chi connectivity index (χ0v) is 13.0. The molecule has 2 heterocycles. The summed E-state index contributed by atoms with van der Waals surface area (Å²) in [4.78, 5) is 2.67. The van der Waals surface area contributed by atoms with Crippen molar-refractivity contribution in [3.05, 3.63) is 12.2 Å². The Labute approximate surface area is 122 Å². The molecule has 0 N–H and O–H groups in total. The van der Waals surface area contributed by atoms with Gasteiger partial charge in [0.05, 0.1) is 6.04 Å². The number of nitrogens with zero attached hydrogens (tertiary/aromatic N) is 4. The molecular weight excluding hydrogens is 248 g/mol. The molecule has 4 nitrogen and oxygen atoms in total. The summed E-state index contributed by atoms with van der Waals surface area (Å²) >= 11 is 0. The summed E-state index contributed by atoms with van der Waals surface area (Å²) < 4.78 is 2.10. The van der Waals surface area contributed by atoms with E-state index in [0.29, 0.717) is 6.04 Å². The Bertz CT molecular complexity index is 428. The first-order valence-electron chi connectivity index (χ1n) is 8.35. The Morgan fingerprint density at radius 1 is 1.20 bits per heavy atom. The van der Waals surface area contributed by atoms with Crippen LogP contribution in [0.25, 0.3) is 0 Å². The second kappa shape index (κ2) is 6.25. The Morgan fingerprint density at radius 3 is 2.80 bits per heavy atom. The third-order valence-corrected chi connectivity index (χ3v) is 5.37. The minimum Gasteiger partial charge on any atom is -0.319 e. The molecule has 1 aromatic heterocycles. The highest BCUT2D eigenvalue weighted by atomic mass is 15.3. The second-order valence-electron chi connectivity index (χ2n) is 6.76. The summed E-state index contributed by atoms with van der Waals surface area (Å²) in [6, 6.07) is 0.504. The smallest absolute Gasteiger partial charge is 0.149 e. The van der Waals surface area contributed by atoms with Crippen LogP contribution in [0.2, 0.25) is 0 Å². The molecule has 1 saturated heterocycles. The Hall–Kier alpha value is -0.900. The van der Waals surface area contributed by atoms with Gasteiger partial charge in [0.1, 0.15) is 12.2 Å². The van der Waals surface area contributed by atoms with Crippen molar-refractivity contribution in [2.75, 3.05) is 13.1 Å². The predicted octanol–water partition coefficient (Wildman–Crippen LogP) is 3.17. The maximum absolute atomic E-state index is 4.34. The Morgan fingerprint density at radius 2 is 2.05 bits per heavy atom. The number of aromatic nitrogens is 3. The molecule has 0 radical (unpaired) electrons. The monoisotopic (exact) mass is 276 g/mol. The van der Waals surface area contributed by atoms with Crippen LogP contribution in [-0.2, 0) is 7.05 Å². The molecule has 0 bridgehead atoms. The quantitative estimate of drug-likeness (QED) is 0.847. The van der Waals surface area contributed by atoms with Crippen LogP contribution in [0.5, 0.6) is 0 Å².